The van der Waals surface area contributed by atoms with Crippen LogP contribution in [0.4, 0.5) is 13.2 Å². The maximum atomic E-state index is 12.3. The molecule has 0 bridgehead atoms. The van der Waals surface area contributed by atoms with Crippen molar-refractivity contribution in [2.75, 3.05) is 12.9 Å². The lowest BCUT2D eigenvalue weighted by atomic mass is 10.1. The molecule has 0 fully saturated rings. The van der Waals surface area contributed by atoms with Crippen LogP contribution in [0.3, 0.4) is 0 Å². The highest BCUT2D eigenvalue weighted by Crippen LogP contribution is 2.29. The average Bonchev–Trinajstić information content (AvgIpc) is 2.24. The summed E-state index contributed by atoms with van der Waals surface area (Å²) in [6.07, 6.45) is -4.94. The summed E-state index contributed by atoms with van der Waals surface area (Å²) < 4.78 is 62.5. The second-order valence-electron chi connectivity index (χ2n) is 3.62. The molecule has 18 heavy (non-hydrogen) atoms. The van der Waals surface area contributed by atoms with Gasteiger partial charge in [-0.15, -0.1) is 0 Å². The maximum absolute atomic E-state index is 12.3. The van der Waals surface area contributed by atoms with E-state index in [9.17, 15) is 26.7 Å². The van der Waals surface area contributed by atoms with E-state index in [-0.39, 0.29) is 5.56 Å². The van der Waals surface area contributed by atoms with Gasteiger partial charge in [-0.05, 0) is 17.7 Å². The molecule has 8 heteroatoms. The molecule has 0 radical (unpaired) electrons. The third-order valence-corrected chi connectivity index (χ3v) is 2.63. The Morgan fingerprint density at radius 2 is 1.78 bits per heavy atom. The molecule has 102 valence electrons. The first-order valence-corrected chi connectivity index (χ1v) is 6.61. The smallest absolute Gasteiger partial charge is 0.386 e. The first-order valence-electron chi connectivity index (χ1n) is 4.79. The van der Waals surface area contributed by atoms with E-state index in [4.69, 9.17) is 0 Å². The number of aliphatic hydroxyl groups excluding tert-OH is 1. The number of rotatable bonds is 4. The highest BCUT2D eigenvalue weighted by molar-refractivity contribution is 7.85. The standard InChI is InChI=1S/C10H11F3O4S/c1-18(15,16)17-6-9(14)7-2-4-8(5-3-7)10(11,12)13/h2-5,9,14H,6H2,1H3/t9-/m0/s1. The van der Waals surface area contributed by atoms with Crippen molar-refractivity contribution in [2.45, 2.75) is 12.3 Å². The summed E-state index contributed by atoms with van der Waals surface area (Å²) in [5, 5.41) is 9.51. The molecule has 0 spiro atoms. The zero-order chi connectivity index (χ0) is 14.0. The second-order valence-corrected chi connectivity index (χ2v) is 5.27. The number of halogens is 3. The third kappa shape index (κ3) is 4.63. The maximum Gasteiger partial charge on any atom is 0.416 e. The zero-order valence-corrected chi connectivity index (χ0v) is 10.1. The number of hydrogen-bond donors (Lipinski definition) is 1. The van der Waals surface area contributed by atoms with Crippen LogP contribution in [0.25, 0.3) is 0 Å². The Balaban J connectivity index is 2.74. The van der Waals surface area contributed by atoms with Gasteiger partial charge in [-0.3, -0.25) is 4.18 Å². The lowest BCUT2D eigenvalue weighted by molar-refractivity contribution is -0.137. The first-order chi connectivity index (χ1) is 8.09. The molecule has 0 unspecified atom stereocenters. The van der Waals surface area contributed by atoms with Gasteiger partial charge >= 0.3 is 6.18 Å². The lowest BCUT2D eigenvalue weighted by Gasteiger charge is -2.12. The molecular weight excluding hydrogens is 273 g/mol. The van der Waals surface area contributed by atoms with Gasteiger partial charge in [-0.2, -0.15) is 21.6 Å². The van der Waals surface area contributed by atoms with Crippen molar-refractivity contribution in [3.8, 4) is 0 Å². The number of alkyl halides is 3. The fourth-order valence-electron chi connectivity index (χ4n) is 1.18. The molecule has 0 aliphatic carbocycles. The number of aliphatic hydroxyl groups is 1. The van der Waals surface area contributed by atoms with E-state index < -0.39 is 34.6 Å². The van der Waals surface area contributed by atoms with Crippen LogP contribution in [0.2, 0.25) is 0 Å². The summed E-state index contributed by atoms with van der Waals surface area (Å²) in [7, 11) is -3.70. The Bertz CT molecular complexity index is 493. The van der Waals surface area contributed by atoms with Crippen LogP contribution < -0.4 is 0 Å². The molecule has 1 aromatic carbocycles. The molecule has 0 saturated carbocycles. The van der Waals surface area contributed by atoms with E-state index in [1.807, 2.05) is 0 Å². The van der Waals surface area contributed by atoms with E-state index in [2.05, 4.69) is 4.18 Å². The SMILES string of the molecule is CS(=O)(=O)OC[C@H](O)c1ccc(C(F)(F)F)cc1. The monoisotopic (exact) mass is 284 g/mol. The summed E-state index contributed by atoms with van der Waals surface area (Å²) in [5.41, 5.74) is -0.700. The summed E-state index contributed by atoms with van der Waals surface area (Å²) in [6, 6.07) is 3.75. The van der Waals surface area contributed by atoms with Gasteiger partial charge in [0, 0.05) is 0 Å². The average molecular weight is 284 g/mol. The van der Waals surface area contributed by atoms with Crippen molar-refractivity contribution in [2.24, 2.45) is 0 Å². The van der Waals surface area contributed by atoms with Gasteiger partial charge in [0.15, 0.2) is 0 Å². The van der Waals surface area contributed by atoms with Gasteiger partial charge in [-0.1, -0.05) is 12.1 Å². The number of benzene rings is 1. The van der Waals surface area contributed by atoms with Crippen molar-refractivity contribution in [1.29, 1.82) is 0 Å². The Morgan fingerprint density at radius 3 is 2.17 bits per heavy atom. The summed E-state index contributed by atoms with van der Waals surface area (Å²) in [4.78, 5) is 0. The Morgan fingerprint density at radius 1 is 1.28 bits per heavy atom. The normalized spacial score (nSPS) is 14.5. The molecule has 1 aromatic rings. The summed E-state index contributed by atoms with van der Waals surface area (Å²) in [5.74, 6) is 0. The van der Waals surface area contributed by atoms with E-state index in [0.29, 0.717) is 0 Å². The topological polar surface area (TPSA) is 63.6 Å². The van der Waals surface area contributed by atoms with Gasteiger partial charge in [0.2, 0.25) is 0 Å². The van der Waals surface area contributed by atoms with Gasteiger partial charge < -0.3 is 5.11 Å². The minimum absolute atomic E-state index is 0.145. The predicted molar refractivity (Wildman–Crippen MR) is 57.2 cm³/mol. The molecule has 0 aliphatic heterocycles. The number of hydrogen-bond acceptors (Lipinski definition) is 4. The van der Waals surface area contributed by atoms with Crippen molar-refractivity contribution in [3.05, 3.63) is 35.4 Å². The van der Waals surface area contributed by atoms with Crippen LogP contribution in [-0.4, -0.2) is 26.4 Å². The fraction of sp³-hybridized carbons (Fsp3) is 0.400. The van der Waals surface area contributed by atoms with Crippen molar-refractivity contribution in [3.63, 3.8) is 0 Å². The van der Waals surface area contributed by atoms with Gasteiger partial charge in [0.1, 0.15) is 6.10 Å². The van der Waals surface area contributed by atoms with Crippen molar-refractivity contribution < 1.29 is 30.9 Å². The minimum Gasteiger partial charge on any atom is -0.386 e. The Hall–Kier alpha value is -1.12. The summed E-state index contributed by atoms with van der Waals surface area (Å²) >= 11 is 0. The molecule has 1 N–H and O–H groups in total. The molecule has 0 aromatic heterocycles. The lowest BCUT2D eigenvalue weighted by Crippen LogP contribution is -2.12. The van der Waals surface area contributed by atoms with Crippen LogP contribution in [-0.2, 0) is 20.5 Å². The molecule has 4 nitrogen and oxygen atoms in total. The zero-order valence-electron chi connectivity index (χ0n) is 9.31. The van der Waals surface area contributed by atoms with Crippen molar-refractivity contribution in [1.82, 2.24) is 0 Å². The third-order valence-electron chi connectivity index (χ3n) is 2.06. The summed E-state index contributed by atoms with van der Waals surface area (Å²) in [6.45, 7) is -0.538. The Kier molecular flexibility index (Phi) is 4.36. The van der Waals surface area contributed by atoms with Gasteiger partial charge in [-0.25, -0.2) is 0 Å². The molecular formula is C10H11F3O4S. The van der Waals surface area contributed by atoms with Crippen molar-refractivity contribution >= 4 is 10.1 Å². The quantitative estimate of drug-likeness (QED) is 0.855. The van der Waals surface area contributed by atoms with Crippen LogP contribution >= 0.6 is 0 Å². The van der Waals surface area contributed by atoms with E-state index in [1.54, 1.807) is 0 Å². The molecule has 0 aliphatic rings. The molecule has 0 saturated heterocycles. The van der Waals surface area contributed by atoms with E-state index >= 15 is 0 Å². The predicted octanol–water partition coefficient (Wildman–Crippen LogP) is 1.72. The van der Waals surface area contributed by atoms with E-state index in [1.165, 1.54) is 0 Å². The van der Waals surface area contributed by atoms with Crippen LogP contribution in [0, 0.1) is 0 Å². The largest absolute Gasteiger partial charge is 0.416 e. The van der Waals surface area contributed by atoms with Gasteiger partial charge in [0.05, 0.1) is 18.4 Å². The molecule has 1 rings (SSSR count). The highest BCUT2D eigenvalue weighted by Gasteiger charge is 2.30. The molecule has 0 amide bonds. The van der Waals surface area contributed by atoms with Crippen LogP contribution in [0.1, 0.15) is 17.2 Å². The van der Waals surface area contributed by atoms with Crippen LogP contribution in [0.5, 0.6) is 0 Å². The highest BCUT2D eigenvalue weighted by atomic mass is 32.2. The molecule has 0 heterocycles. The first kappa shape index (κ1) is 14.9. The van der Waals surface area contributed by atoms with Gasteiger partial charge in [0.25, 0.3) is 10.1 Å². The Labute approximate surface area is 102 Å². The minimum atomic E-state index is -4.45. The van der Waals surface area contributed by atoms with E-state index in [0.717, 1.165) is 30.5 Å². The second kappa shape index (κ2) is 5.25. The molecule has 1 atom stereocenters. The van der Waals surface area contributed by atoms with Crippen LogP contribution in [0.15, 0.2) is 24.3 Å². The fourth-order valence-corrected chi connectivity index (χ4v) is 1.55.